The molecule has 4 nitrogen and oxygen atoms in total. The summed E-state index contributed by atoms with van der Waals surface area (Å²) in [6.45, 7) is 1.93. The van der Waals surface area contributed by atoms with Crippen molar-refractivity contribution in [3.63, 3.8) is 0 Å². The molecule has 0 bridgehead atoms. The van der Waals surface area contributed by atoms with Crippen LogP contribution in [0.1, 0.15) is 5.56 Å². The average Bonchev–Trinajstić information content (AvgIpc) is 2.98. The minimum Gasteiger partial charge on any atom is -0.508 e. The number of aromatic nitrogens is 2. The van der Waals surface area contributed by atoms with Crippen molar-refractivity contribution >= 4 is 22.9 Å². The van der Waals surface area contributed by atoms with Crippen molar-refractivity contribution in [2.24, 2.45) is 0 Å². The Kier molecular flexibility index (Phi) is 3.00. The topological polar surface area (TPSA) is 59.2 Å². The second-order valence-corrected chi connectivity index (χ2v) is 5.29. The van der Waals surface area contributed by atoms with Gasteiger partial charge in [-0.2, -0.15) is 4.98 Å². The highest BCUT2D eigenvalue weighted by atomic mass is 35.5. The van der Waals surface area contributed by atoms with Gasteiger partial charge in [0.2, 0.25) is 5.82 Å². The Bertz CT molecular complexity index is 736. The van der Waals surface area contributed by atoms with Gasteiger partial charge in [-0.15, -0.1) is 11.3 Å². The molecule has 3 aromatic rings. The summed E-state index contributed by atoms with van der Waals surface area (Å²) in [6.07, 6.45) is 0. The van der Waals surface area contributed by atoms with E-state index in [1.54, 1.807) is 24.3 Å². The predicted molar refractivity (Wildman–Crippen MR) is 74.5 cm³/mol. The van der Waals surface area contributed by atoms with Gasteiger partial charge >= 0.3 is 0 Å². The molecule has 0 spiro atoms. The Morgan fingerprint density at radius 3 is 2.89 bits per heavy atom. The van der Waals surface area contributed by atoms with Crippen molar-refractivity contribution in [2.45, 2.75) is 6.92 Å². The van der Waals surface area contributed by atoms with Crippen LogP contribution in [0.5, 0.6) is 5.75 Å². The molecule has 2 heterocycles. The van der Waals surface area contributed by atoms with E-state index in [1.807, 2.05) is 12.3 Å². The van der Waals surface area contributed by atoms with Gasteiger partial charge in [0.05, 0.1) is 5.02 Å². The lowest BCUT2D eigenvalue weighted by Gasteiger charge is -1.94. The van der Waals surface area contributed by atoms with Crippen LogP contribution in [0.3, 0.4) is 0 Å². The molecule has 0 atom stereocenters. The summed E-state index contributed by atoms with van der Waals surface area (Å²) in [4.78, 5) is 5.07. The van der Waals surface area contributed by atoms with Gasteiger partial charge in [-0.3, -0.25) is 0 Å². The van der Waals surface area contributed by atoms with E-state index in [4.69, 9.17) is 16.1 Å². The van der Waals surface area contributed by atoms with Crippen LogP contribution >= 0.6 is 22.9 Å². The number of phenols is 1. The first-order chi connectivity index (χ1) is 9.15. The van der Waals surface area contributed by atoms with Crippen molar-refractivity contribution in [3.8, 4) is 27.9 Å². The summed E-state index contributed by atoms with van der Waals surface area (Å²) in [5.41, 5.74) is 1.68. The number of aromatic hydroxyl groups is 1. The monoisotopic (exact) mass is 292 g/mol. The Hall–Kier alpha value is -1.85. The van der Waals surface area contributed by atoms with Crippen LogP contribution < -0.4 is 0 Å². The third kappa shape index (κ3) is 2.22. The fraction of sp³-hybridized carbons (Fsp3) is 0.0769. The van der Waals surface area contributed by atoms with Gasteiger partial charge in [0, 0.05) is 5.56 Å². The highest BCUT2D eigenvalue weighted by Gasteiger charge is 2.16. The quantitative estimate of drug-likeness (QED) is 0.771. The Labute approximate surface area is 118 Å². The molecule has 6 heteroatoms. The lowest BCUT2D eigenvalue weighted by atomic mass is 10.2. The van der Waals surface area contributed by atoms with Gasteiger partial charge in [0.15, 0.2) is 0 Å². The second-order valence-electron chi connectivity index (χ2n) is 4.04. The Morgan fingerprint density at radius 2 is 2.21 bits per heavy atom. The zero-order valence-corrected chi connectivity index (χ0v) is 11.5. The molecule has 0 fully saturated rings. The second kappa shape index (κ2) is 4.68. The molecule has 2 aromatic heterocycles. The molecular weight excluding hydrogens is 284 g/mol. The molecule has 0 aliphatic heterocycles. The molecule has 0 unspecified atom stereocenters. The molecule has 0 saturated heterocycles. The summed E-state index contributed by atoms with van der Waals surface area (Å²) in [5.74, 6) is 0.975. The maximum atomic E-state index is 9.44. The summed E-state index contributed by atoms with van der Waals surface area (Å²) >= 11 is 7.63. The normalized spacial score (nSPS) is 10.8. The molecule has 0 amide bonds. The number of thiophene rings is 1. The van der Waals surface area contributed by atoms with Crippen molar-refractivity contribution in [1.82, 2.24) is 10.1 Å². The summed E-state index contributed by atoms with van der Waals surface area (Å²) in [5, 5.41) is 15.9. The number of halogens is 1. The number of hydrogen-bond donors (Lipinski definition) is 1. The van der Waals surface area contributed by atoms with E-state index in [-0.39, 0.29) is 5.75 Å². The van der Waals surface area contributed by atoms with Crippen LogP contribution in [0.2, 0.25) is 5.02 Å². The number of aryl methyl sites for hydroxylation is 1. The summed E-state index contributed by atoms with van der Waals surface area (Å²) in [7, 11) is 0. The maximum absolute atomic E-state index is 9.44. The molecule has 1 aromatic carbocycles. The molecule has 0 saturated carbocycles. The van der Waals surface area contributed by atoms with Crippen LogP contribution in [0.4, 0.5) is 0 Å². The number of phenolic OH excluding ortho intramolecular Hbond substituents is 1. The maximum Gasteiger partial charge on any atom is 0.269 e. The lowest BCUT2D eigenvalue weighted by molar-refractivity contribution is 0.433. The molecule has 96 valence electrons. The van der Waals surface area contributed by atoms with E-state index >= 15 is 0 Å². The highest BCUT2D eigenvalue weighted by Crippen LogP contribution is 2.36. The zero-order chi connectivity index (χ0) is 13.4. The van der Waals surface area contributed by atoms with Gasteiger partial charge in [0.25, 0.3) is 5.89 Å². The van der Waals surface area contributed by atoms with Crippen molar-refractivity contribution < 1.29 is 9.63 Å². The van der Waals surface area contributed by atoms with Crippen LogP contribution in [0.25, 0.3) is 22.2 Å². The summed E-state index contributed by atoms with van der Waals surface area (Å²) in [6, 6.07) is 6.69. The van der Waals surface area contributed by atoms with E-state index in [9.17, 15) is 5.11 Å². The minimum absolute atomic E-state index is 0.161. The lowest BCUT2D eigenvalue weighted by Crippen LogP contribution is -1.80. The Balaban J connectivity index is 2.02. The Morgan fingerprint density at radius 1 is 1.37 bits per heavy atom. The number of nitrogens with zero attached hydrogens (tertiary/aromatic N) is 2. The van der Waals surface area contributed by atoms with E-state index in [0.717, 1.165) is 10.4 Å². The van der Waals surface area contributed by atoms with Crippen LogP contribution in [-0.2, 0) is 0 Å². The molecular formula is C13H9ClN2O2S. The highest BCUT2D eigenvalue weighted by molar-refractivity contribution is 7.14. The first-order valence-corrected chi connectivity index (χ1v) is 6.78. The van der Waals surface area contributed by atoms with Crippen LogP contribution in [0, 0.1) is 6.92 Å². The third-order valence-corrected chi connectivity index (χ3v) is 4.31. The number of hydrogen-bond acceptors (Lipinski definition) is 5. The molecule has 19 heavy (non-hydrogen) atoms. The first-order valence-electron chi connectivity index (χ1n) is 5.52. The SMILES string of the molecule is Cc1csc(-c2nc(-c3cccc(O)c3)no2)c1Cl. The zero-order valence-electron chi connectivity index (χ0n) is 9.92. The van der Waals surface area contributed by atoms with E-state index in [1.165, 1.54) is 11.3 Å². The van der Waals surface area contributed by atoms with E-state index in [0.29, 0.717) is 22.3 Å². The number of benzene rings is 1. The molecule has 0 aliphatic rings. The number of rotatable bonds is 2. The first kappa shape index (κ1) is 12.2. The van der Waals surface area contributed by atoms with Gasteiger partial charge in [-0.1, -0.05) is 28.9 Å². The van der Waals surface area contributed by atoms with Crippen molar-refractivity contribution in [3.05, 3.63) is 40.2 Å². The van der Waals surface area contributed by atoms with Crippen LogP contribution in [-0.4, -0.2) is 15.2 Å². The molecule has 0 aliphatic carbocycles. The van der Waals surface area contributed by atoms with E-state index < -0.39 is 0 Å². The summed E-state index contributed by atoms with van der Waals surface area (Å²) < 4.78 is 5.22. The van der Waals surface area contributed by atoms with Gasteiger partial charge in [-0.05, 0) is 30.0 Å². The fourth-order valence-electron chi connectivity index (χ4n) is 1.65. The van der Waals surface area contributed by atoms with Gasteiger partial charge in [-0.25, -0.2) is 0 Å². The molecule has 3 rings (SSSR count). The smallest absolute Gasteiger partial charge is 0.269 e. The molecule has 1 N–H and O–H groups in total. The van der Waals surface area contributed by atoms with Crippen molar-refractivity contribution in [1.29, 1.82) is 0 Å². The minimum atomic E-state index is 0.161. The van der Waals surface area contributed by atoms with Gasteiger partial charge in [0.1, 0.15) is 10.6 Å². The average molecular weight is 293 g/mol. The predicted octanol–water partition coefficient (Wildman–Crippen LogP) is 4.13. The fourth-order valence-corrected chi connectivity index (χ4v) is 2.85. The van der Waals surface area contributed by atoms with Gasteiger partial charge < -0.3 is 9.63 Å². The van der Waals surface area contributed by atoms with Crippen molar-refractivity contribution in [2.75, 3.05) is 0 Å². The largest absolute Gasteiger partial charge is 0.508 e. The third-order valence-electron chi connectivity index (χ3n) is 2.62. The molecule has 0 radical (unpaired) electrons. The standard InChI is InChI=1S/C13H9ClN2O2S/c1-7-6-19-11(10(7)14)13-15-12(16-18-13)8-3-2-4-9(17)5-8/h2-6,17H,1H3. The van der Waals surface area contributed by atoms with E-state index in [2.05, 4.69) is 10.1 Å². The van der Waals surface area contributed by atoms with Crippen LogP contribution in [0.15, 0.2) is 34.2 Å².